The number of nitrogens with one attached hydrogen (secondary N) is 1. The van der Waals surface area contributed by atoms with Crippen LogP contribution in [-0.4, -0.2) is 18.7 Å². The van der Waals surface area contributed by atoms with Crippen molar-refractivity contribution in [1.29, 1.82) is 0 Å². The highest BCUT2D eigenvalue weighted by atomic mass is 32.2. The van der Waals surface area contributed by atoms with Crippen LogP contribution < -0.4 is 11.1 Å². The fraction of sp³-hybridized carbons (Fsp3) is 0.133. The molecule has 0 saturated heterocycles. The van der Waals surface area contributed by atoms with Crippen LogP contribution in [0.5, 0.6) is 0 Å². The summed E-state index contributed by atoms with van der Waals surface area (Å²) in [5.41, 5.74) is 6.06. The molecule has 2 aromatic carbocycles. The van der Waals surface area contributed by atoms with Crippen molar-refractivity contribution < 1.29 is 4.79 Å². The minimum absolute atomic E-state index is 0.00681. The molecule has 0 aliphatic heterocycles. The zero-order valence-electron chi connectivity index (χ0n) is 11.1. The maximum Gasteiger partial charge on any atom is 0.238 e. The maximum atomic E-state index is 11.3. The Hall–Kier alpha value is -1.43. The van der Waals surface area contributed by atoms with Gasteiger partial charge in [-0.1, -0.05) is 23.9 Å². The van der Waals surface area contributed by atoms with Crippen molar-refractivity contribution >= 4 is 35.1 Å². The third kappa shape index (κ3) is 4.30. The molecule has 0 fully saturated rings. The molecule has 3 N–H and O–H groups in total. The third-order valence-electron chi connectivity index (χ3n) is 2.58. The Bertz CT molecular complexity index is 602. The quantitative estimate of drug-likeness (QED) is 0.831. The fourth-order valence-electron chi connectivity index (χ4n) is 1.65. The number of benzene rings is 2. The molecule has 0 aromatic heterocycles. The number of hydrogen-bond donors (Lipinski definition) is 2. The Kier molecular flexibility index (Phi) is 5.52. The Morgan fingerprint density at radius 1 is 1.10 bits per heavy atom. The summed E-state index contributed by atoms with van der Waals surface area (Å²) in [5, 5.41) is 2.76. The molecule has 2 rings (SSSR count). The molecule has 0 aliphatic carbocycles. The Morgan fingerprint density at radius 3 is 2.45 bits per heavy atom. The topological polar surface area (TPSA) is 55.1 Å². The Morgan fingerprint density at radius 2 is 1.75 bits per heavy atom. The van der Waals surface area contributed by atoms with Gasteiger partial charge in [-0.25, -0.2) is 0 Å². The van der Waals surface area contributed by atoms with Crippen molar-refractivity contribution in [2.45, 2.75) is 14.7 Å². The zero-order valence-corrected chi connectivity index (χ0v) is 12.8. The van der Waals surface area contributed by atoms with Gasteiger partial charge in [0.2, 0.25) is 5.91 Å². The summed E-state index contributed by atoms with van der Waals surface area (Å²) in [6.07, 6.45) is 2.06. The molecule has 104 valence electrons. The van der Waals surface area contributed by atoms with E-state index in [1.807, 2.05) is 30.3 Å². The summed E-state index contributed by atoms with van der Waals surface area (Å²) in [7, 11) is 0. The number of thioether (sulfide) groups is 1. The van der Waals surface area contributed by atoms with Crippen LogP contribution in [0.4, 0.5) is 5.69 Å². The summed E-state index contributed by atoms with van der Waals surface area (Å²) in [5.74, 6) is -0.184. The average Bonchev–Trinajstić information content (AvgIpc) is 2.47. The van der Waals surface area contributed by atoms with Crippen LogP contribution in [0, 0.1) is 0 Å². The van der Waals surface area contributed by atoms with Gasteiger partial charge in [0.05, 0.1) is 6.54 Å². The molecular formula is C15H16N2OS2. The molecule has 1 amide bonds. The highest BCUT2D eigenvalue weighted by Crippen LogP contribution is 2.31. The van der Waals surface area contributed by atoms with E-state index in [4.69, 9.17) is 5.73 Å². The monoisotopic (exact) mass is 304 g/mol. The van der Waals surface area contributed by atoms with Gasteiger partial charge in [-0.15, -0.1) is 11.8 Å². The van der Waals surface area contributed by atoms with E-state index in [-0.39, 0.29) is 12.5 Å². The first kappa shape index (κ1) is 15.0. The van der Waals surface area contributed by atoms with Gasteiger partial charge in [0.25, 0.3) is 0 Å². The smallest absolute Gasteiger partial charge is 0.238 e. The summed E-state index contributed by atoms with van der Waals surface area (Å²) in [6.45, 7) is -0.00681. The van der Waals surface area contributed by atoms with Crippen LogP contribution in [-0.2, 0) is 4.79 Å². The lowest BCUT2D eigenvalue weighted by Crippen LogP contribution is -2.21. The third-order valence-corrected chi connectivity index (χ3v) is 4.28. The van der Waals surface area contributed by atoms with E-state index < -0.39 is 0 Å². The lowest BCUT2D eigenvalue weighted by Gasteiger charge is -2.07. The molecular weight excluding hydrogens is 288 g/mol. The molecule has 0 bridgehead atoms. The first-order valence-corrected chi connectivity index (χ1v) is 8.17. The summed E-state index contributed by atoms with van der Waals surface area (Å²) >= 11 is 3.39. The molecule has 0 radical (unpaired) electrons. The molecule has 0 atom stereocenters. The predicted octanol–water partition coefficient (Wildman–Crippen LogP) is 3.46. The van der Waals surface area contributed by atoms with Gasteiger partial charge in [0, 0.05) is 20.4 Å². The van der Waals surface area contributed by atoms with E-state index in [0.29, 0.717) is 0 Å². The summed E-state index contributed by atoms with van der Waals surface area (Å²) in [4.78, 5) is 14.8. The lowest BCUT2D eigenvalue weighted by atomic mass is 10.3. The first-order valence-electron chi connectivity index (χ1n) is 6.13. The molecule has 2 aromatic rings. The van der Waals surface area contributed by atoms with Crippen LogP contribution in [0.25, 0.3) is 0 Å². The van der Waals surface area contributed by atoms with Gasteiger partial charge in [0.15, 0.2) is 0 Å². The number of carbonyl (C=O) groups excluding carboxylic acids is 1. The normalized spacial score (nSPS) is 10.3. The second-order valence-electron chi connectivity index (χ2n) is 4.06. The van der Waals surface area contributed by atoms with Gasteiger partial charge < -0.3 is 11.1 Å². The molecule has 0 unspecified atom stereocenters. The fourth-order valence-corrected chi connectivity index (χ4v) is 3.12. The van der Waals surface area contributed by atoms with Crippen molar-refractivity contribution in [3.8, 4) is 0 Å². The van der Waals surface area contributed by atoms with E-state index >= 15 is 0 Å². The van der Waals surface area contributed by atoms with Crippen LogP contribution in [0.2, 0.25) is 0 Å². The van der Waals surface area contributed by atoms with Crippen LogP contribution in [0.3, 0.4) is 0 Å². The standard InChI is InChI=1S/C15H16N2OS2/c1-19-12-5-3-7-14(9-12)20-13-6-2-4-11(8-13)17-15(18)10-16/h2-9H,10,16H2,1H3,(H,17,18). The highest BCUT2D eigenvalue weighted by molar-refractivity contribution is 7.99. The lowest BCUT2D eigenvalue weighted by molar-refractivity contribution is -0.114. The molecule has 3 nitrogen and oxygen atoms in total. The predicted molar refractivity (Wildman–Crippen MR) is 86.5 cm³/mol. The summed E-state index contributed by atoms with van der Waals surface area (Å²) < 4.78 is 0. The van der Waals surface area contributed by atoms with Crippen molar-refractivity contribution in [3.05, 3.63) is 48.5 Å². The highest BCUT2D eigenvalue weighted by Gasteiger charge is 2.02. The average molecular weight is 304 g/mol. The van der Waals surface area contributed by atoms with Gasteiger partial charge in [0.1, 0.15) is 0 Å². The van der Waals surface area contributed by atoms with Crippen molar-refractivity contribution in [2.75, 3.05) is 18.1 Å². The van der Waals surface area contributed by atoms with Crippen molar-refractivity contribution in [1.82, 2.24) is 0 Å². The number of rotatable bonds is 5. The van der Waals surface area contributed by atoms with Crippen molar-refractivity contribution in [3.63, 3.8) is 0 Å². The zero-order chi connectivity index (χ0) is 14.4. The number of amides is 1. The minimum Gasteiger partial charge on any atom is -0.325 e. The van der Waals surface area contributed by atoms with Gasteiger partial charge in [-0.2, -0.15) is 0 Å². The number of hydrogen-bond acceptors (Lipinski definition) is 4. The van der Waals surface area contributed by atoms with Crippen LogP contribution in [0.15, 0.2) is 63.2 Å². The Balaban J connectivity index is 2.12. The van der Waals surface area contributed by atoms with E-state index in [9.17, 15) is 4.79 Å². The molecule has 20 heavy (non-hydrogen) atoms. The van der Waals surface area contributed by atoms with Gasteiger partial charge >= 0.3 is 0 Å². The molecule has 0 spiro atoms. The number of anilines is 1. The molecule has 0 aliphatic rings. The van der Waals surface area contributed by atoms with Gasteiger partial charge in [-0.05, 0) is 42.7 Å². The second-order valence-corrected chi connectivity index (χ2v) is 6.09. The molecule has 5 heteroatoms. The SMILES string of the molecule is CSc1cccc(Sc2cccc(NC(=O)CN)c2)c1. The van der Waals surface area contributed by atoms with Gasteiger partial charge in [-0.3, -0.25) is 4.79 Å². The second kappa shape index (κ2) is 7.38. The molecule has 0 saturated carbocycles. The minimum atomic E-state index is -0.184. The first-order chi connectivity index (χ1) is 9.71. The largest absolute Gasteiger partial charge is 0.325 e. The molecule has 0 heterocycles. The summed E-state index contributed by atoms with van der Waals surface area (Å²) in [6, 6.07) is 16.1. The van der Waals surface area contributed by atoms with Crippen LogP contribution in [0.1, 0.15) is 0 Å². The van der Waals surface area contributed by atoms with E-state index in [2.05, 4.69) is 29.8 Å². The van der Waals surface area contributed by atoms with E-state index in [1.54, 1.807) is 23.5 Å². The maximum absolute atomic E-state index is 11.3. The van der Waals surface area contributed by atoms with Crippen LogP contribution >= 0.6 is 23.5 Å². The van der Waals surface area contributed by atoms with E-state index in [1.165, 1.54) is 9.79 Å². The number of carbonyl (C=O) groups is 1. The Labute approximate surface area is 127 Å². The number of nitrogens with two attached hydrogens (primary N) is 1. The van der Waals surface area contributed by atoms with E-state index in [0.717, 1.165) is 10.6 Å². The van der Waals surface area contributed by atoms with Crippen molar-refractivity contribution in [2.24, 2.45) is 5.73 Å².